The molecule has 7 heteroatoms. The van der Waals surface area contributed by atoms with Gasteiger partial charge in [-0.2, -0.15) is 0 Å². The first-order chi connectivity index (χ1) is 12.0. The first-order valence-electron chi connectivity index (χ1n) is 7.41. The third kappa shape index (κ3) is 4.64. The van der Waals surface area contributed by atoms with Crippen LogP contribution in [0.15, 0.2) is 52.3 Å². The lowest BCUT2D eigenvalue weighted by Crippen LogP contribution is -2.20. The number of aromatic nitrogens is 1. The third-order valence-corrected chi connectivity index (χ3v) is 5.04. The van der Waals surface area contributed by atoms with E-state index < -0.39 is 0 Å². The molecule has 3 rings (SSSR count). The molecule has 1 amide bonds. The van der Waals surface area contributed by atoms with E-state index in [0.717, 1.165) is 15.6 Å². The maximum Gasteiger partial charge on any atom is 0.264 e. The maximum atomic E-state index is 13.0. The Kier molecular flexibility index (Phi) is 5.45. The fourth-order valence-corrected chi connectivity index (χ4v) is 3.08. The van der Waals surface area contributed by atoms with Gasteiger partial charge in [-0.3, -0.25) is 10.1 Å². The van der Waals surface area contributed by atoms with Gasteiger partial charge >= 0.3 is 0 Å². The molecule has 0 radical (unpaired) electrons. The number of thiazole rings is 1. The molecule has 0 atom stereocenters. The van der Waals surface area contributed by atoms with E-state index in [1.165, 1.54) is 23.5 Å². The molecule has 4 nitrogen and oxygen atoms in total. The number of nitrogens with one attached hydrogen (secondary N) is 1. The van der Waals surface area contributed by atoms with E-state index in [9.17, 15) is 9.18 Å². The summed E-state index contributed by atoms with van der Waals surface area (Å²) in [6, 6.07) is 11.6. The van der Waals surface area contributed by atoms with Crippen LogP contribution in [0.2, 0.25) is 0 Å². The van der Waals surface area contributed by atoms with E-state index in [0.29, 0.717) is 16.6 Å². The first kappa shape index (κ1) is 17.6. The molecule has 0 aliphatic heterocycles. The van der Waals surface area contributed by atoms with Gasteiger partial charge in [0.05, 0.1) is 5.69 Å². The van der Waals surface area contributed by atoms with Gasteiger partial charge in [0.2, 0.25) is 0 Å². The Morgan fingerprint density at radius 2 is 2.04 bits per heavy atom. The quantitative estimate of drug-likeness (QED) is 0.628. The van der Waals surface area contributed by atoms with Crippen molar-refractivity contribution in [2.24, 2.45) is 0 Å². The van der Waals surface area contributed by atoms with Crippen LogP contribution >= 0.6 is 27.3 Å². The van der Waals surface area contributed by atoms with E-state index in [-0.39, 0.29) is 18.3 Å². The Labute approximate surface area is 156 Å². The summed E-state index contributed by atoms with van der Waals surface area (Å²) in [6.07, 6.45) is 0. The second-order valence-corrected chi connectivity index (χ2v) is 7.01. The van der Waals surface area contributed by atoms with E-state index in [2.05, 4.69) is 26.2 Å². The Hall–Kier alpha value is -2.25. The minimum absolute atomic E-state index is 0.105. The lowest BCUT2D eigenvalue weighted by molar-refractivity contribution is -0.118. The largest absolute Gasteiger partial charge is 0.484 e. The van der Waals surface area contributed by atoms with Gasteiger partial charge in [-0.05, 0) is 55.0 Å². The predicted octanol–water partition coefficient (Wildman–Crippen LogP) is 5.04. The molecule has 128 valence electrons. The smallest absolute Gasteiger partial charge is 0.264 e. The van der Waals surface area contributed by atoms with Gasteiger partial charge < -0.3 is 4.74 Å². The van der Waals surface area contributed by atoms with Crippen LogP contribution in [-0.4, -0.2) is 17.5 Å². The summed E-state index contributed by atoms with van der Waals surface area (Å²) < 4.78 is 19.4. The van der Waals surface area contributed by atoms with Gasteiger partial charge in [0, 0.05) is 15.4 Å². The zero-order valence-corrected chi connectivity index (χ0v) is 15.7. The number of anilines is 1. The van der Waals surface area contributed by atoms with Crippen LogP contribution in [0.1, 0.15) is 5.56 Å². The Morgan fingerprint density at radius 3 is 2.76 bits per heavy atom. The Balaban J connectivity index is 1.58. The number of carbonyl (C=O) groups is 1. The monoisotopic (exact) mass is 420 g/mol. The van der Waals surface area contributed by atoms with Crippen molar-refractivity contribution in [2.75, 3.05) is 11.9 Å². The molecule has 0 aliphatic rings. The number of carbonyl (C=O) groups excluding carboxylic acids is 1. The van der Waals surface area contributed by atoms with Crippen molar-refractivity contribution in [1.82, 2.24) is 4.98 Å². The first-order valence-corrected chi connectivity index (χ1v) is 9.09. The summed E-state index contributed by atoms with van der Waals surface area (Å²) in [4.78, 5) is 16.3. The van der Waals surface area contributed by atoms with Gasteiger partial charge in [-0.1, -0.05) is 15.9 Å². The molecule has 2 aromatic carbocycles. The van der Waals surface area contributed by atoms with Crippen LogP contribution in [0.5, 0.6) is 5.75 Å². The standard InChI is InChI=1S/C18H14BrFN2O2S/c1-11-8-14(6-7-15(11)19)24-9-17(23)22-18-21-16(10-25-18)12-2-4-13(20)5-3-12/h2-8,10H,9H2,1H3,(H,21,22,23). The number of ether oxygens (including phenoxy) is 1. The molecular weight excluding hydrogens is 407 g/mol. The van der Waals surface area contributed by atoms with Crippen molar-refractivity contribution in [2.45, 2.75) is 6.92 Å². The number of hydrogen-bond donors (Lipinski definition) is 1. The molecule has 0 unspecified atom stereocenters. The van der Waals surface area contributed by atoms with Gasteiger partial charge in [-0.25, -0.2) is 9.37 Å². The molecule has 0 saturated heterocycles. The van der Waals surface area contributed by atoms with Crippen LogP contribution in [0.25, 0.3) is 11.3 Å². The number of rotatable bonds is 5. The highest BCUT2D eigenvalue weighted by Crippen LogP contribution is 2.25. The molecule has 1 aromatic heterocycles. The summed E-state index contributed by atoms with van der Waals surface area (Å²) >= 11 is 4.72. The Morgan fingerprint density at radius 1 is 1.28 bits per heavy atom. The van der Waals surface area contributed by atoms with Gasteiger partial charge in [0.1, 0.15) is 11.6 Å². The number of hydrogen-bond acceptors (Lipinski definition) is 4. The molecular formula is C18H14BrFN2O2S. The summed E-state index contributed by atoms with van der Waals surface area (Å²) in [5.41, 5.74) is 2.51. The van der Waals surface area contributed by atoms with Crippen LogP contribution in [-0.2, 0) is 4.79 Å². The van der Waals surface area contributed by atoms with E-state index >= 15 is 0 Å². The lowest BCUT2D eigenvalue weighted by atomic mass is 10.2. The SMILES string of the molecule is Cc1cc(OCC(=O)Nc2nc(-c3ccc(F)cc3)cs2)ccc1Br. The summed E-state index contributed by atoms with van der Waals surface area (Å²) in [6.45, 7) is 1.84. The normalized spacial score (nSPS) is 10.5. The van der Waals surface area contributed by atoms with E-state index in [1.54, 1.807) is 18.2 Å². The van der Waals surface area contributed by atoms with Crippen molar-refractivity contribution in [3.8, 4) is 17.0 Å². The highest BCUT2D eigenvalue weighted by molar-refractivity contribution is 9.10. The molecule has 0 fully saturated rings. The molecule has 3 aromatic rings. The van der Waals surface area contributed by atoms with Gasteiger partial charge in [-0.15, -0.1) is 11.3 Å². The minimum atomic E-state index is -0.298. The molecule has 1 N–H and O–H groups in total. The van der Waals surface area contributed by atoms with Crippen LogP contribution in [0.3, 0.4) is 0 Å². The second-order valence-electron chi connectivity index (χ2n) is 5.29. The van der Waals surface area contributed by atoms with E-state index in [1.807, 2.05) is 24.4 Å². The molecule has 0 spiro atoms. The number of aryl methyl sites for hydroxylation is 1. The van der Waals surface area contributed by atoms with Crippen molar-refractivity contribution < 1.29 is 13.9 Å². The van der Waals surface area contributed by atoms with Crippen molar-refractivity contribution >= 4 is 38.3 Å². The molecule has 0 aliphatic carbocycles. The number of amides is 1. The van der Waals surface area contributed by atoms with Crippen molar-refractivity contribution in [1.29, 1.82) is 0 Å². The topological polar surface area (TPSA) is 51.2 Å². The Bertz CT molecular complexity index is 896. The average Bonchev–Trinajstić information content (AvgIpc) is 3.05. The maximum absolute atomic E-state index is 13.0. The lowest BCUT2D eigenvalue weighted by Gasteiger charge is -2.07. The highest BCUT2D eigenvalue weighted by Gasteiger charge is 2.09. The summed E-state index contributed by atoms with van der Waals surface area (Å²) in [5, 5.41) is 4.98. The number of benzene rings is 2. The number of halogens is 2. The van der Waals surface area contributed by atoms with Crippen LogP contribution in [0, 0.1) is 12.7 Å². The zero-order chi connectivity index (χ0) is 17.8. The number of nitrogens with zero attached hydrogens (tertiary/aromatic N) is 1. The minimum Gasteiger partial charge on any atom is -0.484 e. The molecule has 25 heavy (non-hydrogen) atoms. The molecule has 0 bridgehead atoms. The van der Waals surface area contributed by atoms with Crippen molar-refractivity contribution in [3.63, 3.8) is 0 Å². The molecule has 0 saturated carbocycles. The summed E-state index contributed by atoms with van der Waals surface area (Å²) in [7, 11) is 0. The van der Waals surface area contributed by atoms with Crippen LogP contribution < -0.4 is 10.1 Å². The average molecular weight is 421 g/mol. The zero-order valence-electron chi connectivity index (χ0n) is 13.3. The highest BCUT2D eigenvalue weighted by atomic mass is 79.9. The summed E-state index contributed by atoms with van der Waals surface area (Å²) in [5.74, 6) is 0.0374. The fraction of sp³-hybridized carbons (Fsp3) is 0.111. The van der Waals surface area contributed by atoms with Crippen LogP contribution in [0.4, 0.5) is 9.52 Å². The molecule has 1 heterocycles. The van der Waals surface area contributed by atoms with Gasteiger partial charge in [0.25, 0.3) is 5.91 Å². The second kappa shape index (κ2) is 7.76. The van der Waals surface area contributed by atoms with Gasteiger partial charge in [0.15, 0.2) is 11.7 Å². The third-order valence-electron chi connectivity index (χ3n) is 3.39. The van der Waals surface area contributed by atoms with E-state index in [4.69, 9.17) is 4.74 Å². The van der Waals surface area contributed by atoms with Crippen molar-refractivity contribution in [3.05, 3.63) is 63.7 Å². The fourth-order valence-electron chi connectivity index (χ4n) is 2.10. The predicted molar refractivity (Wildman–Crippen MR) is 101 cm³/mol.